The Balaban J connectivity index is 3.18. The minimum absolute atomic E-state index is 0.232. The van der Waals surface area contributed by atoms with Gasteiger partial charge in [0.1, 0.15) is 0 Å². The summed E-state index contributed by atoms with van der Waals surface area (Å²) < 4.78 is 41.7. The van der Waals surface area contributed by atoms with Crippen LogP contribution in [0.15, 0.2) is 0 Å². The number of hydrogen-bond acceptors (Lipinski definition) is 4. The Labute approximate surface area is 98.2 Å². The molecule has 1 aromatic heterocycles. The van der Waals surface area contributed by atoms with Gasteiger partial charge in [-0.1, -0.05) is 11.6 Å². The van der Waals surface area contributed by atoms with Gasteiger partial charge in [0, 0.05) is 0 Å². The van der Waals surface area contributed by atoms with Crippen molar-refractivity contribution in [1.82, 2.24) is 4.98 Å². The minimum Gasteiger partial charge on any atom is -0.469 e. The van der Waals surface area contributed by atoms with Gasteiger partial charge in [-0.05, 0) is 6.92 Å². The topological polar surface area (TPSA) is 39.2 Å². The highest BCUT2D eigenvalue weighted by Crippen LogP contribution is 2.39. The van der Waals surface area contributed by atoms with E-state index in [9.17, 15) is 18.0 Å². The third-order valence-corrected chi connectivity index (χ3v) is 3.19. The van der Waals surface area contributed by atoms with Gasteiger partial charge in [-0.3, -0.25) is 4.79 Å². The lowest BCUT2D eigenvalue weighted by atomic mass is 10.1. The summed E-state index contributed by atoms with van der Waals surface area (Å²) in [7, 11) is 1.11. The molecule has 16 heavy (non-hydrogen) atoms. The van der Waals surface area contributed by atoms with E-state index in [2.05, 4.69) is 9.72 Å². The molecule has 1 unspecified atom stereocenters. The van der Waals surface area contributed by atoms with Crippen molar-refractivity contribution >= 4 is 28.9 Å². The van der Waals surface area contributed by atoms with Crippen molar-refractivity contribution in [2.45, 2.75) is 19.0 Å². The van der Waals surface area contributed by atoms with Crippen LogP contribution in [0.1, 0.15) is 23.4 Å². The molecule has 0 amide bonds. The normalized spacial score (nSPS) is 13.6. The van der Waals surface area contributed by atoms with E-state index in [0.717, 1.165) is 7.11 Å². The third-order valence-electron chi connectivity index (χ3n) is 1.84. The summed E-state index contributed by atoms with van der Waals surface area (Å²) in [5, 5.41) is 0. The van der Waals surface area contributed by atoms with Gasteiger partial charge in [0.05, 0.1) is 17.9 Å². The summed E-state index contributed by atoms with van der Waals surface area (Å²) in [5.41, 5.74) is -1.12. The average molecular weight is 274 g/mol. The molecule has 0 bridgehead atoms. The van der Waals surface area contributed by atoms with Gasteiger partial charge < -0.3 is 4.74 Å². The number of rotatable bonds is 2. The van der Waals surface area contributed by atoms with Crippen molar-refractivity contribution in [3.05, 3.63) is 15.0 Å². The average Bonchev–Trinajstić information content (AvgIpc) is 2.57. The lowest BCUT2D eigenvalue weighted by molar-refractivity contribution is -0.144. The molecule has 3 nitrogen and oxygen atoms in total. The molecule has 0 fully saturated rings. The van der Waals surface area contributed by atoms with E-state index in [1.807, 2.05) is 0 Å². The molecule has 1 atom stereocenters. The first-order chi connectivity index (χ1) is 7.27. The maximum absolute atomic E-state index is 12.5. The Morgan fingerprint density at radius 1 is 1.56 bits per heavy atom. The quantitative estimate of drug-likeness (QED) is 0.777. The zero-order valence-corrected chi connectivity index (χ0v) is 9.83. The van der Waals surface area contributed by atoms with Crippen LogP contribution in [0, 0.1) is 0 Å². The van der Waals surface area contributed by atoms with Crippen molar-refractivity contribution in [3.63, 3.8) is 0 Å². The largest absolute Gasteiger partial charge is 0.469 e. The van der Waals surface area contributed by atoms with Crippen LogP contribution in [0.25, 0.3) is 0 Å². The predicted octanol–water partition coefficient (Wildman–Crippen LogP) is 3.09. The Hall–Kier alpha value is -0.820. The van der Waals surface area contributed by atoms with E-state index in [0.29, 0.717) is 11.3 Å². The summed E-state index contributed by atoms with van der Waals surface area (Å²) in [4.78, 5) is 14.1. The van der Waals surface area contributed by atoms with Crippen LogP contribution in [0.4, 0.5) is 13.2 Å². The maximum Gasteiger partial charge on any atom is 0.434 e. The molecular weight excluding hydrogens is 267 g/mol. The fraction of sp³-hybridized carbons (Fsp3) is 0.500. The number of nitrogens with zero attached hydrogens (tertiary/aromatic N) is 1. The minimum atomic E-state index is -4.62. The molecule has 0 aliphatic rings. The molecule has 0 radical (unpaired) electrons. The van der Waals surface area contributed by atoms with E-state index < -0.39 is 23.8 Å². The predicted molar refractivity (Wildman–Crippen MR) is 52.6 cm³/mol. The fourth-order valence-corrected chi connectivity index (χ4v) is 2.27. The first-order valence-corrected chi connectivity index (χ1v) is 5.28. The summed E-state index contributed by atoms with van der Waals surface area (Å²) in [6, 6.07) is 0. The number of methoxy groups -OCH3 is 1. The monoisotopic (exact) mass is 273 g/mol. The lowest BCUT2D eigenvalue weighted by Gasteiger charge is -2.10. The Bertz CT molecular complexity index is 404. The molecule has 0 aromatic carbocycles. The Morgan fingerprint density at radius 2 is 2.12 bits per heavy atom. The third kappa shape index (κ3) is 2.65. The number of alkyl halides is 3. The van der Waals surface area contributed by atoms with Crippen LogP contribution in [0.5, 0.6) is 0 Å². The van der Waals surface area contributed by atoms with Gasteiger partial charge in [-0.25, -0.2) is 4.98 Å². The van der Waals surface area contributed by atoms with Crippen LogP contribution >= 0.6 is 22.9 Å². The van der Waals surface area contributed by atoms with Gasteiger partial charge in [-0.2, -0.15) is 13.2 Å². The number of carbonyl (C=O) groups excluding carboxylic acids is 1. The van der Waals surface area contributed by atoms with Gasteiger partial charge in [0.25, 0.3) is 0 Å². The standard InChI is InChI=1S/C8H7ClF3NO2S/c1-3(6(14)15-2)4-5(8(10,11)12)13-7(9)16-4/h3H,1-2H3. The molecule has 0 spiro atoms. The highest BCUT2D eigenvalue weighted by atomic mass is 35.5. The van der Waals surface area contributed by atoms with Gasteiger partial charge in [0.2, 0.25) is 0 Å². The SMILES string of the molecule is COC(=O)C(C)c1sc(Cl)nc1C(F)(F)F. The zero-order chi connectivity index (χ0) is 12.5. The maximum atomic E-state index is 12.5. The molecule has 0 saturated heterocycles. The summed E-state index contributed by atoms with van der Waals surface area (Å²) in [6.07, 6.45) is -4.62. The highest BCUT2D eigenvalue weighted by molar-refractivity contribution is 7.16. The number of halogens is 4. The van der Waals surface area contributed by atoms with Crippen molar-refractivity contribution in [3.8, 4) is 0 Å². The zero-order valence-electron chi connectivity index (χ0n) is 8.26. The highest BCUT2D eigenvalue weighted by Gasteiger charge is 2.40. The number of thiazole rings is 1. The molecule has 1 rings (SSSR count). The molecule has 1 aromatic rings. The van der Waals surface area contributed by atoms with E-state index >= 15 is 0 Å². The van der Waals surface area contributed by atoms with Crippen molar-refractivity contribution in [1.29, 1.82) is 0 Å². The molecule has 1 heterocycles. The van der Waals surface area contributed by atoms with E-state index in [4.69, 9.17) is 11.6 Å². The second-order valence-corrected chi connectivity index (χ2v) is 4.54. The van der Waals surface area contributed by atoms with Crippen molar-refractivity contribution in [2.75, 3.05) is 7.11 Å². The first kappa shape index (κ1) is 13.2. The Kier molecular flexibility index (Phi) is 3.80. The summed E-state index contributed by atoms with van der Waals surface area (Å²) in [5.74, 6) is -1.79. The van der Waals surface area contributed by atoms with E-state index in [-0.39, 0.29) is 9.34 Å². The molecule has 0 saturated carbocycles. The van der Waals surface area contributed by atoms with Gasteiger partial charge in [0.15, 0.2) is 10.2 Å². The molecule has 90 valence electrons. The molecule has 8 heteroatoms. The number of carbonyl (C=O) groups is 1. The fourth-order valence-electron chi connectivity index (χ4n) is 1.09. The second-order valence-electron chi connectivity index (χ2n) is 2.92. The van der Waals surface area contributed by atoms with Crippen molar-refractivity contribution < 1.29 is 22.7 Å². The summed E-state index contributed by atoms with van der Waals surface area (Å²) in [6.45, 7) is 1.31. The van der Waals surface area contributed by atoms with E-state index in [1.54, 1.807) is 0 Å². The first-order valence-electron chi connectivity index (χ1n) is 4.08. The van der Waals surface area contributed by atoms with E-state index in [1.165, 1.54) is 6.92 Å². The van der Waals surface area contributed by atoms with Crippen LogP contribution in [-0.2, 0) is 15.7 Å². The molecule has 0 aliphatic carbocycles. The number of aromatic nitrogens is 1. The number of ether oxygens (including phenoxy) is 1. The lowest BCUT2D eigenvalue weighted by Crippen LogP contribution is -2.15. The number of esters is 1. The molecular formula is C8H7ClF3NO2S. The van der Waals surface area contributed by atoms with Crippen LogP contribution in [0.2, 0.25) is 4.47 Å². The van der Waals surface area contributed by atoms with Crippen LogP contribution < -0.4 is 0 Å². The Morgan fingerprint density at radius 3 is 2.56 bits per heavy atom. The van der Waals surface area contributed by atoms with Gasteiger partial charge in [-0.15, -0.1) is 11.3 Å². The number of hydrogen-bond donors (Lipinski definition) is 0. The van der Waals surface area contributed by atoms with Crippen LogP contribution in [0.3, 0.4) is 0 Å². The van der Waals surface area contributed by atoms with Crippen molar-refractivity contribution in [2.24, 2.45) is 0 Å². The molecule has 0 N–H and O–H groups in total. The smallest absolute Gasteiger partial charge is 0.434 e. The second kappa shape index (κ2) is 4.58. The summed E-state index contributed by atoms with van der Waals surface area (Å²) >= 11 is 6.05. The molecule has 0 aliphatic heterocycles. The van der Waals surface area contributed by atoms with Crippen LogP contribution in [-0.4, -0.2) is 18.1 Å². The van der Waals surface area contributed by atoms with Gasteiger partial charge >= 0.3 is 12.1 Å².